The van der Waals surface area contributed by atoms with Gasteiger partial charge in [-0.2, -0.15) is 0 Å². The topological polar surface area (TPSA) is 42.8 Å². The number of rotatable bonds is 5. The number of aromatic nitrogens is 1. The Morgan fingerprint density at radius 1 is 0.697 bits per heavy atom. The van der Waals surface area contributed by atoms with Crippen LogP contribution in [-0.2, 0) is 6.67 Å². The van der Waals surface area contributed by atoms with Crippen molar-refractivity contribution in [1.29, 1.82) is 0 Å². The molecule has 0 spiro atoms. The van der Waals surface area contributed by atoms with E-state index in [0.717, 1.165) is 38.6 Å². The molecule has 0 saturated carbocycles. The molecule has 0 bridgehead atoms. The van der Waals surface area contributed by atoms with E-state index in [1.165, 1.54) is 10.8 Å². The van der Waals surface area contributed by atoms with E-state index < -0.39 is 0 Å². The van der Waals surface area contributed by atoms with Crippen molar-refractivity contribution in [2.75, 3.05) is 0 Å². The summed E-state index contributed by atoms with van der Waals surface area (Å²) in [6, 6.07) is 31.6. The Morgan fingerprint density at radius 3 is 2.06 bits per heavy atom. The van der Waals surface area contributed by atoms with Crippen LogP contribution in [0.1, 0.15) is 11.1 Å². The van der Waals surface area contributed by atoms with Crippen LogP contribution in [-0.4, -0.2) is 17.0 Å². The molecule has 0 aliphatic rings. The molecule has 0 saturated heterocycles. The van der Waals surface area contributed by atoms with Gasteiger partial charge in [-0.3, -0.25) is 9.98 Å². The molecule has 0 unspecified atom stereocenters. The molecule has 0 amide bonds. The fraction of sp³-hybridized carbons (Fsp3) is 0.0345. The van der Waals surface area contributed by atoms with E-state index in [0.29, 0.717) is 12.4 Å². The molecule has 0 radical (unpaired) electrons. The normalized spacial score (nSPS) is 12.1. The van der Waals surface area contributed by atoms with Gasteiger partial charge in [0, 0.05) is 16.3 Å². The Bertz CT molecular complexity index is 1610. The molecule has 6 rings (SSSR count). The molecule has 2 aromatic heterocycles. The Balaban J connectivity index is 1.59. The Kier molecular flexibility index (Phi) is 4.62. The van der Waals surface area contributed by atoms with E-state index in [-0.39, 0.29) is 0 Å². The molecular formula is C29H21N3O. The third kappa shape index (κ3) is 3.15. The average molecular weight is 428 g/mol. The molecule has 0 fully saturated rings. The van der Waals surface area contributed by atoms with Crippen LogP contribution in [0.15, 0.2) is 118 Å². The van der Waals surface area contributed by atoms with Gasteiger partial charge in [-0.1, -0.05) is 78.9 Å². The maximum Gasteiger partial charge on any atom is 0.117 e. The standard InChI is InChI=1S/C29H21N3O/c1-30-26-18-33-17-25(26)29(24-14-8-10-20-9-2-3-11-21(20)24)31-19-32-27-15-6-4-12-22(27)23-13-5-7-16-28(23)32/h2-18H,1,19H2/b31-29-. The number of para-hydroxylation sites is 2. The minimum Gasteiger partial charge on any atom is -0.470 e. The predicted octanol–water partition coefficient (Wildman–Crippen LogP) is 7.37. The van der Waals surface area contributed by atoms with E-state index in [4.69, 9.17) is 9.41 Å². The number of hydrogen-bond acceptors (Lipinski definition) is 3. The van der Waals surface area contributed by atoms with Crippen molar-refractivity contribution < 1.29 is 4.42 Å². The SMILES string of the molecule is C=Nc1cocc1/C(=N\Cn1c2ccccc2c2ccccc21)c1cccc2ccccc12. The van der Waals surface area contributed by atoms with Crippen LogP contribution in [0.4, 0.5) is 5.69 Å². The van der Waals surface area contributed by atoms with Gasteiger partial charge < -0.3 is 8.98 Å². The molecule has 4 nitrogen and oxygen atoms in total. The van der Waals surface area contributed by atoms with Crippen molar-refractivity contribution in [1.82, 2.24) is 4.57 Å². The Labute approximate surface area is 191 Å². The van der Waals surface area contributed by atoms with Crippen molar-refractivity contribution in [3.05, 3.63) is 115 Å². The highest BCUT2D eigenvalue weighted by atomic mass is 16.3. The van der Waals surface area contributed by atoms with Gasteiger partial charge in [0.25, 0.3) is 0 Å². The first kappa shape index (κ1) is 19.3. The molecule has 33 heavy (non-hydrogen) atoms. The lowest BCUT2D eigenvalue weighted by Gasteiger charge is -2.11. The number of fused-ring (bicyclic) bond motifs is 4. The van der Waals surface area contributed by atoms with Gasteiger partial charge in [-0.05, 0) is 29.6 Å². The molecular weight excluding hydrogens is 406 g/mol. The maximum absolute atomic E-state index is 5.51. The van der Waals surface area contributed by atoms with Crippen LogP contribution in [0.25, 0.3) is 32.6 Å². The predicted molar refractivity (Wildman–Crippen MR) is 137 cm³/mol. The zero-order valence-electron chi connectivity index (χ0n) is 18.0. The van der Waals surface area contributed by atoms with Gasteiger partial charge in [0.15, 0.2) is 0 Å². The average Bonchev–Trinajstić information content (AvgIpc) is 3.47. The third-order valence-electron chi connectivity index (χ3n) is 6.16. The van der Waals surface area contributed by atoms with Gasteiger partial charge >= 0.3 is 0 Å². The van der Waals surface area contributed by atoms with Gasteiger partial charge in [-0.15, -0.1) is 0 Å². The second kappa shape index (κ2) is 7.92. The quantitative estimate of drug-likeness (QED) is 0.265. The summed E-state index contributed by atoms with van der Waals surface area (Å²) >= 11 is 0. The van der Waals surface area contributed by atoms with Crippen LogP contribution < -0.4 is 0 Å². The van der Waals surface area contributed by atoms with Gasteiger partial charge in [0.05, 0.1) is 22.3 Å². The van der Waals surface area contributed by atoms with Crippen LogP contribution in [0.3, 0.4) is 0 Å². The molecule has 4 aromatic carbocycles. The molecule has 6 aromatic rings. The van der Waals surface area contributed by atoms with E-state index >= 15 is 0 Å². The van der Waals surface area contributed by atoms with Crippen molar-refractivity contribution in [2.24, 2.45) is 9.98 Å². The number of hydrogen-bond donors (Lipinski definition) is 0. The van der Waals surface area contributed by atoms with Crippen LogP contribution >= 0.6 is 0 Å². The highest BCUT2D eigenvalue weighted by Crippen LogP contribution is 2.31. The molecule has 2 heterocycles. The minimum absolute atomic E-state index is 0.467. The van der Waals surface area contributed by atoms with Gasteiger partial charge in [0.2, 0.25) is 0 Å². The van der Waals surface area contributed by atoms with E-state index in [1.54, 1.807) is 12.5 Å². The number of benzene rings is 4. The second-order valence-corrected chi connectivity index (χ2v) is 7.97. The lowest BCUT2D eigenvalue weighted by atomic mass is 9.97. The summed E-state index contributed by atoms with van der Waals surface area (Å²) in [5, 5.41) is 4.76. The maximum atomic E-state index is 5.51. The van der Waals surface area contributed by atoms with Crippen molar-refractivity contribution in [3.63, 3.8) is 0 Å². The highest BCUT2D eigenvalue weighted by Gasteiger charge is 2.17. The van der Waals surface area contributed by atoms with Gasteiger partial charge in [-0.25, -0.2) is 0 Å². The highest BCUT2D eigenvalue weighted by molar-refractivity contribution is 6.21. The molecule has 0 atom stereocenters. The summed E-state index contributed by atoms with van der Waals surface area (Å²) in [6.45, 7) is 4.19. The summed E-state index contributed by atoms with van der Waals surface area (Å²) in [5.41, 5.74) is 5.72. The summed E-state index contributed by atoms with van der Waals surface area (Å²) < 4.78 is 7.77. The van der Waals surface area contributed by atoms with Crippen molar-refractivity contribution in [2.45, 2.75) is 6.67 Å². The summed E-state index contributed by atoms with van der Waals surface area (Å²) in [7, 11) is 0. The van der Waals surface area contributed by atoms with Crippen LogP contribution in [0.5, 0.6) is 0 Å². The third-order valence-corrected chi connectivity index (χ3v) is 6.16. The summed E-state index contributed by atoms with van der Waals surface area (Å²) in [5.74, 6) is 0. The van der Waals surface area contributed by atoms with Crippen molar-refractivity contribution in [3.8, 4) is 0 Å². The molecule has 4 heteroatoms. The zero-order valence-corrected chi connectivity index (χ0v) is 18.0. The first-order valence-corrected chi connectivity index (χ1v) is 10.9. The first-order valence-electron chi connectivity index (χ1n) is 10.9. The first-order chi connectivity index (χ1) is 16.3. The molecule has 0 N–H and O–H groups in total. The number of furan rings is 1. The Hall–Kier alpha value is -4.44. The van der Waals surface area contributed by atoms with Crippen molar-refractivity contribution >= 4 is 50.7 Å². The van der Waals surface area contributed by atoms with E-state index in [9.17, 15) is 0 Å². The number of aliphatic imine (C=N–C) groups is 2. The van der Waals surface area contributed by atoms with Crippen LogP contribution in [0.2, 0.25) is 0 Å². The molecule has 0 aliphatic heterocycles. The summed E-state index contributed by atoms with van der Waals surface area (Å²) in [6.07, 6.45) is 3.32. The molecule has 158 valence electrons. The largest absolute Gasteiger partial charge is 0.470 e. The van der Waals surface area contributed by atoms with Gasteiger partial charge in [0.1, 0.15) is 24.9 Å². The Morgan fingerprint density at radius 2 is 1.33 bits per heavy atom. The van der Waals surface area contributed by atoms with E-state index in [1.807, 2.05) is 0 Å². The fourth-order valence-electron chi connectivity index (χ4n) is 4.63. The monoisotopic (exact) mass is 427 g/mol. The zero-order chi connectivity index (χ0) is 22.2. The summed E-state index contributed by atoms with van der Waals surface area (Å²) in [4.78, 5) is 9.34. The molecule has 0 aliphatic carbocycles. The van der Waals surface area contributed by atoms with E-state index in [2.05, 4.69) is 107 Å². The van der Waals surface area contributed by atoms with Crippen LogP contribution in [0, 0.1) is 0 Å². The smallest absolute Gasteiger partial charge is 0.117 e. The minimum atomic E-state index is 0.467. The lowest BCUT2D eigenvalue weighted by molar-refractivity contribution is 0.567. The fourth-order valence-corrected chi connectivity index (χ4v) is 4.63. The number of nitrogens with zero attached hydrogens (tertiary/aromatic N) is 3. The lowest BCUT2D eigenvalue weighted by Crippen LogP contribution is -2.06. The second-order valence-electron chi connectivity index (χ2n) is 7.97.